The predicted octanol–water partition coefficient (Wildman–Crippen LogP) is 2.96. The van der Waals surface area contributed by atoms with Crippen LogP contribution in [0.1, 0.15) is 43.5 Å². The van der Waals surface area contributed by atoms with Crippen LogP contribution in [0.2, 0.25) is 0 Å². The summed E-state index contributed by atoms with van der Waals surface area (Å²) in [5.41, 5.74) is 9.01. The van der Waals surface area contributed by atoms with Gasteiger partial charge in [0.1, 0.15) is 10.8 Å². The molecule has 1 aliphatic heterocycles. The number of aromatic nitrogens is 1. The SMILES string of the molecule is Cc1cc(C)c(C(N)=S)c(N2CCC(C)CC2C)n1. The zero-order valence-corrected chi connectivity index (χ0v) is 13.0. The largest absolute Gasteiger partial charge is 0.389 e. The number of aryl methyl sites for hydroxylation is 2. The van der Waals surface area contributed by atoms with E-state index in [2.05, 4.69) is 31.7 Å². The van der Waals surface area contributed by atoms with Crippen molar-refractivity contribution in [3.05, 3.63) is 22.9 Å². The van der Waals surface area contributed by atoms with E-state index in [0.717, 1.165) is 35.1 Å². The van der Waals surface area contributed by atoms with Crippen molar-refractivity contribution in [1.29, 1.82) is 0 Å². The molecule has 2 heterocycles. The Bertz CT molecular complexity index is 498. The van der Waals surface area contributed by atoms with Crippen molar-refractivity contribution in [1.82, 2.24) is 4.98 Å². The van der Waals surface area contributed by atoms with E-state index in [1.54, 1.807) is 0 Å². The summed E-state index contributed by atoms with van der Waals surface area (Å²) in [5.74, 6) is 1.76. The van der Waals surface area contributed by atoms with Crippen LogP contribution in [-0.4, -0.2) is 22.6 Å². The minimum Gasteiger partial charge on any atom is -0.389 e. The van der Waals surface area contributed by atoms with Gasteiger partial charge in [0, 0.05) is 18.3 Å². The van der Waals surface area contributed by atoms with Gasteiger partial charge in [0.2, 0.25) is 0 Å². The number of thiocarbonyl (C=S) groups is 1. The fourth-order valence-electron chi connectivity index (χ4n) is 3.05. The first kappa shape index (κ1) is 14.3. The van der Waals surface area contributed by atoms with Crippen LogP contribution in [0.4, 0.5) is 5.82 Å². The van der Waals surface area contributed by atoms with Crippen LogP contribution in [0.25, 0.3) is 0 Å². The van der Waals surface area contributed by atoms with E-state index < -0.39 is 0 Å². The van der Waals surface area contributed by atoms with Crippen molar-refractivity contribution in [3.8, 4) is 0 Å². The van der Waals surface area contributed by atoms with Gasteiger partial charge in [-0.3, -0.25) is 0 Å². The van der Waals surface area contributed by atoms with E-state index in [1.807, 2.05) is 6.92 Å². The first-order chi connectivity index (χ1) is 8.90. The van der Waals surface area contributed by atoms with Crippen molar-refractivity contribution in [2.45, 2.75) is 46.6 Å². The Morgan fingerprint density at radius 1 is 1.42 bits per heavy atom. The van der Waals surface area contributed by atoms with Crippen LogP contribution in [0.3, 0.4) is 0 Å². The molecule has 0 aromatic carbocycles. The van der Waals surface area contributed by atoms with E-state index in [9.17, 15) is 0 Å². The molecule has 0 aliphatic carbocycles. The Balaban J connectivity index is 2.46. The van der Waals surface area contributed by atoms with Crippen LogP contribution in [0.15, 0.2) is 6.07 Å². The average Bonchev–Trinajstić information content (AvgIpc) is 2.26. The third kappa shape index (κ3) is 2.89. The predicted molar refractivity (Wildman–Crippen MR) is 84.8 cm³/mol. The number of anilines is 1. The minimum atomic E-state index is 0.450. The number of nitrogens with zero attached hydrogens (tertiary/aromatic N) is 2. The monoisotopic (exact) mass is 277 g/mol. The summed E-state index contributed by atoms with van der Waals surface area (Å²) in [7, 11) is 0. The Kier molecular flexibility index (Phi) is 4.09. The van der Waals surface area contributed by atoms with Crippen LogP contribution < -0.4 is 10.6 Å². The summed E-state index contributed by atoms with van der Waals surface area (Å²) in [5, 5.41) is 0. The van der Waals surface area contributed by atoms with E-state index in [1.165, 1.54) is 12.8 Å². The second-order valence-corrected chi connectivity index (χ2v) is 6.26. The Morgan fingerprint density at radius 2 is 2.11 bits per heavy atom. The molecule has 19 heavy (non-hydrogen) atoms. The average molecular weight is 277 g/mol. The van der Waals surface area contributed by atoms with Gasteiger partial charge in [-0.25, -0.2) is 4.98 Å². The maximum atomic E-state index is 5.91. The second kappa shape index (κ2) is 5.45. The molecule has 2 atom stereocenters. The summed E-state index contributed by atoms with van der Waals surface area (Å²) in [6.45, 7) is 9.70. The van der Waals surface area contributed by atoms with E-state index >= 15 is 0 Å². The molecule has 0 bridgehead atoms. The van der Waals surface area contributed by atoms with Crippen molar-refractivity contribution in [3.63, 3.8) is 0 Å². The van der Waals surface area contributed by atoms with Gasteiger partial charge >= 0.3 is 0 Å². The van der Waals surface area contributed by atoms with Gasteiger partial charge in [-0.15, -0.1) is 0 Å². The molecule has 104 valence electrons. The number of hydrogen-bond acceptors (Lipinski definition) is 3. The zero-order chi connectivity index (χ0) is 14.2. The summed E-state index contributed by atoms with van der Waals surface area (Å²) in [4.78, 5) is 7.53. The molecule has 3 nitrogen and oxygen atoms in total. The smallest absolute Gasteiger partial charge is 0.139 e. The Labute approximate surface area is 121 Å². The first-order valence-corrected chi connectivity index (χ1v) is 7.35. The van der Waals surface area contributed by atoms with Crippen LogP contribution in [0, 0.1) is 19.8 Å². The molecular weight excluding hydrogens is 254 g/mol. The van der Waals surface area contributed by atoms with E-state index in [-0.39, 0.29) is 0 Å². The number of hydrogen-bond donors (Lipinski definition) is 1. The van der Waals surface area contributed by atoms with E-state index in [4.69, 9.17) is 22.9 Å². The highest BCUT2D eigenvalue weighted by atomic mass is 32.1. The molecular formula is C15H23N3S. The molecule has 2 unspecified atom stereocenters. The Hall–Kier alpha value is -1.16. The molecule has 0 amide bonds. The van der Waals surface area contributed by atoms with Crippen molar-refractivity contribution < 1.29 is 0 Å². The standard InChI is InChI=1S/C15H23N3S/c1-9-5-6-18(12(4)7-9)15-13(14(16)19)10(2)8-11(3)17-15/h8-9,12H,5-7H2,1-4H3,(H2,16,19). The highest BCUT2D eigenvalue weighted by Gasteiger charge is 2.27. The van der Waals surface area contributed by atoms with E-state index in [0.29, 0.717) is 11.0 Å². The molecule has 0 spiro atoms. The molecule has 2 rings (SSSR count). The molecule has 2 N–H and O–H groups in total. The first-order valence-electron chi connectivity index (χ1n) is 6.94. The lowest BCUT2D eigenvalue weighted by atomic mass is 9.93. The lowest BCUT2D eigenvalue weighted by Crippen LogP contribution is -2.42. The molecule has 1 saturated heterocycles. The fourth-order valence-corrected chi connectivity index (χ4v) is 3.30. The maximum absolute atomic E-state index is 5.91. The molecule has 1 aromatic heterocycles. The van der Waals surface area contributed by atoms with Crippen molar-refractivity contribution in [2.24, 2.45) is 11.7 Å². The van der Waals surface area contributed by atoms with Gasteiger partial charge < -0.3 is 10.6 Å². The molecule has 1 aliphatic rings. The Morgan fingerprint density at radius 3 is 2.68 bits per heavy atom. The highest BCUT2D eigenvalue weighted by Crippen LogP contribution is 2.30. The highest BCUT2D eigenvalue weighted by molar-refractivity contribution is 7.80. The van der Waals surface area contributed by atoms with Crippen LogP contribution in [0.5, 0.6) is 0 Å². The molecule has 1 aromatic rings. The maximum Gasteiger partial charge on any atom is 0.139 e. The minimum absolute atomic E-state index is 0.450. The number of pyridine rings is 1. The quantitative estimate of drug-likeness (QED) is 0.844. The summed E-state index contributed by atoms with van der Waals surface area (Å²) >= 11 is 5.22. The molecule has 4 heteroatoms. The summed E-state index contributed by atoms with van der Waals surface area (Å²) in [6, 6.07) is 2.54. The third-order valence-corrected chi connectivity index (χ3v) is 4.19. The second-order valence-electron chi connectivity index (χ2n) is 5.82. The van der Waals surface area contributed by atoms with Gasteiger partial charge in [-0.1, -0.05) is 19.1 Å². The van der Waals surface area contributed by atoms with Crippen LogP contribution in [-0.2, 0) is 0 Å². The van der Waals surface area contributed by atoms with Gasteiger partial charge in [0.25, 0.3) is 0 Å². The fraction of sp³-hybridized carbons (Fsp3) is 0.600. The van der Waals surface area contributed by atoms with Gasteiger partial charge in [0.05, 0.1) is 5.56 Å². The normalized spacial score (nSPS) is 23.5. The summed E-state index contributed by atoms with van der Waals surface area (Å²) < 4.78 is 0. The number of piperidine rings is 1. The van der Waals surface area contributed by atoms with Gasteiger partial charge in [-0.2, -0.15) is 0 Å². The third-order valence-electron chi connectivity index (χ3n) is 3.98. The molecule has 0 radical (unpaired) electrons. The topological polar surface area (TPSA) is 42.1 Å². The molecule has 0 saturated carbocycles. The molecule has 1 fully saturated rings. The number of nitrogens with two attached hydrogens (primary N) is 1. The van der Waals surface area contributed by atoms with Crippen LogP contribution >= 0.6 is 12.2 Å². The van der Waals surface area contributed by atoms with Crippen molar-refractivity contribution in [2.75, 3.05) is 11.4 Å². The van der Waals surface area contributed by atoms with Gasteiger partial charge in [0.15, 0.2) is 0 Å². The zero-order valence-electron chi connectivity index (χ0n) is 12.2. The summed E-state index contributed by atoms with van der Waals surface area (Å²) in [6.07, 6.45) is 2.40. The van der Waals surface area contributed by atoms with Crippen molar-refractivity contribution >= 4 is 23.0 Å². The van der Waals surface area contributed by atoms with Gasteiger partial charge in [-0.05, 0) is 51.2 Å². The lowest BCUT2D eigenvalue weighted by molar-refractivity contribution is 0.376. The lowest BCUT2D eigenvalue weighted by Gasteiger charge is -2.38. The number of rotatable bonds is 2.